The lowest BCUT2D eigenvalue weighted by molar-refractivity contribution is 1.30. The molecule has 0 fully saturated rings. The lowest BCUT2D eigenvalue weighted by Crippen LogP contribution is -2.13. The zero-order valence-corrected chi connectivity index (χ0v) is 32.5. The van der Waals surface area contributed by atoms with Crippen molar-refractivity contribution in [3.8, 4) is 44.5 Å². The SMILES string of the molecule is c1ccc(-c2c(-c3ccc4ccc5ccccc5c4c3)ccc(N(c3ccccc3)c3ccc(-c4cccc5ccccc45)c4ccccc34)c2-c2ccccc2)cc1. The summed E-state index contributed by atoms with van der Waals surface area (Å²) in [6.45, 7) is 0. The average molecular weight is 750 g/mol. The van der Waals surface area contributed by atoms with Crippen LogP contribution in [0.2, 0.25) is 0 Å². The van der Waals surface area contributed by atoms with Crippen LogP contribution in [0.5, 0.6) is 0 Å². The van der Waals surface area contributed by atoms with Gasteiger partial charge in [-0.1, -0.05) is 206 Å². The second kappa shape index (κ2) is 14.6. The highest BCUT2D eigenvalue weighted by molar-refractivity contribution is 6.13. The fourth-order valence-electron chi connectivity index (χ4n) is 9.15. The molecule has 0 N–H and O–H groups in total. The van der Waals surface area contributed by atoms with Gasteiger partial charge in [-0.05, 0) is 107 Å². The van der Waals surface area contributed by atoms with Crippen molar-refractivity contribution in [2.75, 3.05) is 4.90 Å². The molecule has 0 aliphatic rings. The largest absolute Gasteiger partial charge is 0.309 e. The van der Waals surface area contributed by atoms with E-state index in [1.807, 2.05) is 0 Å². The van der Waals surface area contributed by atoms with Gasteiger partial charge in [0.25, 0.3) is 0 Å². The Morgan fingerprint density at radius 1 is 0.237 bits per heavy atom. The molecular weight excluding hydrogens is 711 g/mol. The number of hydrogen-bond donors (Lipinski definition) is 0. The summed E-state index contributed by atoms with van der Waals surface area (Å²) < 4.78 is 0. The Balaban J connectivity index is 1.22. The Kier molecular flexibility index (Phi) is 8.56. The zero-order chi connectivity index (χ0) is 39.1. The number of anilines is 3. The van der Waals surface area contributed by atoms with Gasteiger partial charge < -0.3 is 4.90 Å². The minimum absolute atomic E-state index is 1.09. The van der Waals surface area contributed by atoms with Gasteiger partial charge in [0, 0.05) is 16.6 Å². The molecule has 276 valence electrons. The first-order chi connectivity index (χ1) is 29.3. The van der Waals surface area contributed by atoms with E-state index >= 15 is 0 Å². The predicted octanol–water partition coefficient (Wildman–Crippen LogP) is 16.4. The summed E-state index contributed by atoms with van der Waals surface area (Å²) in [5, 5.41) is 9.91. The number of fused-ring (bicyclic) bond motifs is 5. The molecule has 1 heteroatoms. The van der Waals surface area contributed by atoms with Crippen LogP contribution in [0.15, 0.2) is 237 Å². The first-order valence-electron chi connectivity index (χ1n) is 20.3. The van der Waals surface area contributed by atoms with Crippen LogP contribution in [0.4, 0.5) is 17.1 Å². The topological polar surface area (TPSA) is 3.24 Å². The number of nitrogens with zero attached hydrogens (tertiary/aromatic N) is 1. The van der Waals surface area contributed by atoms with E-state index in [1.54, 1.807) is 0 Å². The van der Waals surface area contributed by atoms with Gasteiger partial charge in [-0.3, -0.25) is 0 Å². The van der Waals surface area contributed by atoms with Crippen LogP contribution < -0.4 is 4.90 Å². The van der Waals surface area contributed by atoms with Crippen molar-refractivity contribution in [3.63, 3.8) is 0 Å². The second-order valence-corrected chi connectivity index (χ2v) is 15.2. The summed E-state index contributed by atoms with van der Waals surface area (Å²) in [5.74, 6) is 0. The van der Waals surface area contributed by atoms with Gasteiger partial charge in [-0.2, -0.15) is 0 Å². The first-order valence-corrected chi connectivity index (χ1v) is 20.3. The number of rotatable bonds is 7. The van der Waals surface area contributed by atoms with E-state index in [1.165, 1.54) is 82.0 Å². The third-order valence-electron chi connectivity index (χ3n) is 11.8. The molecule has 0 amide bonds. The average Bonchev–Trinajstić information content (AvgIpc) is 3.32. The third kappa shape index (κ3) is 6.04. The Hall–Kier alpha value is -7.74. The molecule has 0 unspecified atom stereocenters. The molecule has 0 aliphatic heterocycles. The Bertz CT molecular complexity index is 3310. The van der Waals surface area contributed by atoms with Crippen molar-refractivity contribution in [1.82, 2.24) is 0 Å². The fourth-order valence-corrected chi connectivity index (χ4v) is 9.15. The van der Waals surface area contributed by atoms with Crippen LogP contribution >= 0.6 is 0 Å². The van der Waals surface area contributed by atoms with Crippen molar-refractivity contribution in [2.24, 2.45) is 0 Å². The van der Waals surface area contributed by atoms with Crippen molar-refractivity contribution < 1.29 is 0 Å². The van der Waals surface area contributed by atoms with Crippen molar-refractivity contribution in [1.29, 1.82) is 0 Å². The number of para-hydroxylation sites is 1. The van der Waals surface area contributed by atoms with Gasteiger partial charge in [0.1, 0.15) is 0 Å². The zero-order valence-electron chi connectivity index (χ0n) is 32.5. The molecule has 59 heavy (non-hydrogen) atoms. The van der Waals surface area contributed by atoms with E-state index in [0.717, 1.165) is 22.6 Å². The van der Waals surface area contributed by atoms with Crippen LogP contribution in [-0.2, 0) is 0 Å². The normalized spacial score (nSPS) is 11.4. The van der Waals surface area contributed by atoms with Crippen molar-refractivity contribution >= 4 is 60.2 Å². The molecule has 0 spiro atoms. The maximum Gasteiger partial charge on any atom is 0.0546 e. The molecular formula is C58H39N. The smallest absolute Gasteiger partial charge is 0.0546 e. The summed E-state index contributed by atoms with van der Waals surface area (Å²) in [6, 6.07) is 86.4. The van der Waals surface area contributed by atoms with Crippen LogP contribution in [0, 0.1) is 0 Å². The van der Waals surface area contributed by atoms with Crippen LogP contribution in [0.3, 0.4) is 0 Å². The highest BCUT2D eigenvalue weighted by Gasteiger charge is 2.25. The third-order valence-corrected chi connectivity index (χ3v) is 11.8. The van der Waals surface area contributed by atoms with Gasteiger partial charge in [0.15, 0.2) is 0 Å². The van der Waals surface area contributed by atoms with Gasteiger partial charge >= 0.3 is 0 Å². The van der Waals surface area contributed by atoms with E-state index in [9.17, 15) is 0 Å². The maximum absolute atomic E-state index is 2.47. The molecule has 11 aromatic carbocycles. The second-order valence-electron chi connectivity index (χ2n) is 15.2. The monoisotopic (exact) mass is 749 g/mol. The molecule has 0 saturated heterocycles. The summed E-state index contributed by atoms with van der Waals surface area (Å²) in [4.78, 5) is 2.47. The van der Waals surface area contributed by atoms with Crippen LogP contribution in [0.25, 0.3) is 87.6 Å². The van der Waals surface area contributed by atoms with Gasteiger partial charge in [-0.15, -0.1) is 0 Å². The molecule has 0 aliphatic carbocycles. The van der Waals surface area contributed by atoms with Crippen molar-refractivity contribution in [3.05, 3.63) is 237 Å². The lowest BCUT2D eigenvalue weighted by Gasteiger charge is -2.31. The molecule has 0 aromatic heterocycles. The summed E-state index contributed by atoms with van der Waals surface area (Å²) in [7, 11) is 0. The molecule has 0 atom stereocenters. The number of hydrogen-bond acceptors (Lipinski definition) is 1. The Morgan fingerprint density at radius 3 is 1.46 bits per heavy atom. The lowest BCUT2D eigenvalue weighted by atomic mass is 9.85. The van der Waals surface area contributed by atoms with E-state index in [-0.39, 0.29) is 0 Å². The summed E-state index contributed by atoms with van der Waals surface area (Å²) in [5.41, 5.74) is 12.9. The molecule has 0 heterocycles. The molecule has 0 bridgehead atoms. The quantitative estimate of drug-likeness (QED) is 0.147. The van der Waals surface area contributed by atoms with E-state index < -0.39 is 0 Å². The fraction of sp³-hybridized carbons (Fsp3) is 0. The van der Waals surface area contributed by atoms with E-state index in [4.69, 9.17) is 0 Å². The molecule has 11 aromatic rings. The first kappa shape index (κ1) is 34.5. The van der Waals surface area contributed by atoms with E-state index in [0.29, 0.717) is 0 Å². The highest BCUT2D eigenvalue weighted by Crippen LogP contribution is 2.51. The molecule has 0 radical (unpaired) electrons. The van der Waals surface area contributed by atoms with Crippen molar-refractivity contribution in [2.45, 2.75) is 0 Å². The molecule has 0 saturated carbocycles. The Morgan fingerprint density at radius 2 is 0.729 bits per heavy atom. The predicted molar refractivity (Wildman–Crippen MR) is 253 cm³/mol. The minimum atomic E-state index is 1.09. The minimum Gasteiger partial charge on any atom is -0.309 e. The standard InChI is InChI=1S/C58H39N/c1-4-19-43(20-5-1)57-49(45-34-33-42-32-31-41-18-11-13-27-48(41)54(42)39-45)35-38-56(58(57)44-21-6-2-7-22-44)59(46-24-8-3-9-25-46)55-37-36-52(51-28-14-15-29-53(51)55)50-30-16-23-40-17-10-12-26-47(40)50/h1-39H. The highest BCUT2D eigenvalue weighted by atomic mass is 15.1. The summed E-state index contributed by atoms with van der Waals surface area (Å²) >= 11 is 0. The van der Waals surface area contributed by atoms with Gasteiger partial charge in [0.2, 0.25) is 0 Å². The van der Waals surface area contributed by atoms with Crippen LogP contribution in [-0.4, -0.2) is 0 Å². The maximum atomic E-state index is 2.47. The Labute approximate surface area is 344 Å². The molecule has 11 rings (SSSR count). The van der Waals surface area contributed by atoms with Gasteiger partial charge in [0.05, 0.1) is 11.4 Å². The van der Waals surface area contributed by atoms with Crippen LogP contribution in [0.1, 0.15) is 0 Å². The van der Waals surface area contributed by atoms with E-state index in [2.05, 4.69) is 241 Å². The summed E-state index contributed by atoms with van der Waals surface area (Å²) in [6.07, 6.45) is 0. The van der Waals surface area contributed by atoms with Gasteiger partial charge in [-0.25, -0.2) is 0 Å². The molecule has 1 nitrogen and oxygen atoms in total. The number of benzene rings is 11.